The number of piperidine rings is 1. The largest absolute Gasteiger partial charge is 0.326 e. The van der Waals surface area contributed by atoms with Crippen molar-refractivity contribution in [2.24, 2.45) is 4.99 Å². The number of sulfonamides is 1. The van der Waals surface area contributed by atoms with Crippen LogP contribution in [-0.4, -0.2) is 43.1 Å². The van der Waals surface area contributed by atoms with E-state index in [4.69, 9.17) is 4.99 Å². The zero-order valence-electron chi connectivity index (χ0n) is 18.5. The Hall–Kier alpha value is -2.51. The second-order valence-corrected chi connectivity index (χ2v) is 11.4. The van der Waals surface area contributed by atoms with Crippen molar-refractivity contribution < 1.29 is 13.2 Å². The van der Waals surface area contributed by atoms with E-state index in [2.05, 4.69) is 26.1 Å². The maximum Gasteiger partial charge on any atom is 0.272 e. The Morgan fingerprint density at radius 2 is 1.68 bits per heavy atom. The third-order valence-corrected chi connectivity index (χ3v) is 8.00. The van der Waals surface area contributed by atoms with Crippen molar-refractivity contribution in [2.75, 3.05) is 13.1 Å². The van der Waals surface area contributed by atoms with Gasteiger partial charge in [0.05, 0.1) is 4.90 Å². The molecule has 6 nitrogen and oxygen atoms in total. The van der Waals surface area contributed by atoms with Gasteiger partial charge in [0.1, 0.15) is 11.4 Å². The highest BCUT2D eigenvalue weighted by atomic mass is 32.2. The van der Waals surface area contributed by atoms with Gasteiger partial charge in [-0.3, -0.25) is 9.79 Å². The molecule has 2 aliphatic rings. The lowest BCUT2D eigenvalue weighted by Gasteiger charge is -2.36. The molecule has 0 aliphatic carbocycles. The minimum Gasteiger partial charge on any atom is -0.326 e. The van der Waals surface area contributed by atoms with Crippen LogP contribution in [-0.2, 0) is 20.2 Å². The van der Waals surface area contributed by atoms with Crippen LogP contribution in [0, 0.1) is 6.92 Å². The molecule has 0 saturated carbocycles. The summed E-state index contributed by atoms with van der Waals surface area (Å²) in [5, 5.41) is 3.01. The first-order valence-electron chi connectivity index (χ1n) is 10.6. The first-order chi connectivity index (χ1) is 14.5. The smallest absolute Gasteiger partial charge is 0.272 e. The normalized spacial score (nSPS) is 19.4. The average Bonchev–Trinajstić information content (AvgIpc) is 3.03. The summed E-state index contributed by atoms with van der Waals surface area (Å²) in [7, 11) is -3.58. The third kappa shape index (κ3) is 4.16. The van der Waals surface area contributed by atoms with Gasteiger partial charge >= 0.3 is 0 Å². The number of rotatable bonds is 3. The second kappa shape index (κ2) is 7.57. The topological polar surface area (TPSA) is 78.8 Å². The van der Waals surface area contributed by atoms with Gasteiger partial charge < -0.3 is 5.32 Å². The number of aryl methyl sites for hydroxylation is 1. The summed E-state index contributed by atoms with van der Waals surface area (Å²) in [4.78, 5) is 17.6. The van der Waals surface area contributed by atoms with Crippen LogP contribution in [0.3, 0.4) is 0 Å². The van der Waals surface area contributed by atoms with Crippen LogP contribution in [0.1, 0.15) is 50.3 Å². The van der Waals surface area contributed by atoms with Gasteiger partial charge in [-0.05, 0) is 36.1 Å². The Morgan fingerprint density at radius 3 is 2.26 bits per heavy atom. The maximum absolute atomic E-state index is 13.1. The molecule has 0 unspecified atom stereocenters. The van der Waals surface area contributed by atoms with Crippen molar-refractivity contribution >= 4 is 21.6 Å². The summed E-state index contributed by atoms with van der Waals surface area (Å²) in [6, 6.07) is 14.8. The summed E-state index contributed by atoms with van der Waals surface area (Å²) >= 11 is 0. The van der Waals surface area contributed by atoms with E-state index in [1.165, 1.54) is 4.31 Å². The van der Waals surface area contributed by atoms with E-state index in [1.54, 1.807) is 12.1 Å². The lowest BCUT2D eigenvalue weighted by atomic mass is 9.87. The van der Waals surface area contributed by atoms with E-state index in [9.17, 15) is 13.2 Å². The van der Waals surface area contributed by atoms with Crippen molar-refractivity contribution in [3.05, 3.63) is 65.2 Å². The van der Waals surface area contributed by atoms with Crippen molar-refractivity contribution in [2.45, 2.75) is 56.5 Å². The van der Waals surface area contributed by atoms with Crippen LogP contribution in [0.2, 0.25) is 0 Å². The van der Waals surface area contributed by atoms with Crippen LogP contribution in [0.15, 0.2) is 58.4 Å². The molecule has 2 aliphatic heterocycles. The number of hydrogen-bond acceptors (Lipinski definition) is 4. The number of carbonyl (C=O) groups excluding carboxylic acids is 1. The van der Waals surface area contributed by atoms with Crippen molar-refractivity contribution in [1.82, 2.24) is 9.62 Å². The van der Waals surface area contributed by atoms with Gasteiger partial charge in [-0.15, -0.1) is 0 Å². The van der Waals surface area contributed by atoms with E-state index < -0.39 is 15.7 Å². The van der Waals surface area contributed by atoms with Crippen molar-refractivity contribution in [3.63, 3.8) is 0 Å². The van der Waals surface area contributed by atoms with Crippen LogP contribution in [0.25, 0.3) is 0 Å². The number of carbonyl (C=O) groups is 1. The molecule has 0 bridgehead atoms. The summed E-state index contributed by atoms with van der Waals surface area (Å²) in [5.74, 6) is -0.195. The van der Waals surface area contributed by atoms with E-state index >= 15 is 0 Å². The number of benzene rings is 2. The molecule has 1 fully saturated rings. The monoisotopic (exact) mass is 439 g/mol. The van der Waals surface area contributed by atoms with Crippen molar-refractivity contribution in [1.29, 1.82) is 0 Å². The van der Waals surface area contributed by atoms with Gasteiger partial charge in [0, 0.05) is 31.5 Å². The second-order valence-electron chi connectivity index (χ2n) is 9.49. The molecule has 31 heavy (non-hydrogen) atoms. The van der Waals surface area contributed by atoms with E-state index in [1.807, 2.05) is 43.3 Å². The molecule has 0 atom stereocenters. The molecule has 1 spiro atoms. The lowest BCUT2D eigenvalue weighted by Crippen LogP contribution is -2.52. The molecule has 2 heterocycles. The molecule has 0 radical (unpaired) electrons. The molecule has 2 aromatic carbocycles. The highest BCUT2D eigenvalue weighted by molar-refractivity contribution is 7.89. The highest BCUT2D eigenvalue weighted by Crippen LogP contribution is 2.32. The van der Waals surface area contributed by atoms with Gasteiger partial charge in [0.25, 0.3) is 5.91 Å². The molecule has 7 heteroatoms. The van der Waals surface area contributed by atoms with Gasteiger partial charge in [0.2, 0.25) is 10.0 Å². The minimum atomic E-state index is -3.58. The van der Waals surface area contributed by atoms with Gasteiger partial charge in [-0.2, -0.15) is 4.31 Å². The van der Waals surface area contributed by atoms with E-state index in [-0.39, 0.29) is 11.3 Å². The molecular weight excluding hydrogens is 410 g/mol. The number of hydrogen-bond donors (Lipinski definition) is 1. The molecule has 164 valence electrons. The Kier molecular flexibility index (Phi) is 5.30. The lowest BCUT2D eigenvalue weighted by molar-refractivity contribution is -0.115. The zero-order chi connectivity index (χ0) is 22.4. The SMILES string of the molecule is Cc1cccc(C2=NC3(CCN(S(=O)(=O)c4ccc(C(C)(C)C)cc4)CC3)NC2=O)c1. The van der Waals surface area contributed by atoms with Gasteiger partial charge in [-0.1, -0.05) is 56.7 Å². The Morgan fingerprint density at radius 1 is 1.03 bits per heavy atom. The predicted molar refractivity (Wildman–Crippen MR) is 122 cm³/mol. The summed E-state index contributed by atoms with van der Waals surface area (Å²) in [6.07, 6.45) is 0.903. The standard InChI is InChI=1S/C24H29N3O3S/c1-17-6-5-7-18(16-17)21-22(28)26-24(25-21)12-14-27(15-13-24)31(29,30)20-10-8-19(9-11-20)23(2,3)4/h5-11,16H,12-15H2,1-4H3,(H,26,28). The van der Waals surface area contributed by atoms with E-state index in [0.717, 1.165) is 16.7 Å². The van der Waals surface area contributed by atoms with Gasteiger partial charge in [-0.25, -0.2) is 8.42 Å². The summed E-state index contributed by atoms with van der Waals surface area (Å²) < 4.78 is 27.8. The predicted octanol–water partition coefficient (Wildman–Crippen LogP) is 3.39. The van der Waals surface area contributed by atoms with Gasteiger partial charge in [0.15, 0.2) is 0 Å². The number of aliphatic imine (C=N–C) groups is 1. The highest BCUT2D eigenvalue weighted by Gasteiger charge is 2.44. The fourth-order valence-electron chi connectivity index (χ4n) is 4.16. The summed E-state index contributed by atoms with van der Waals surface area (Å²) in [5.41, 5.74) is 2.62. The maximum atomic E-state index is 13.1. The number of nitrogens with zero attached hydrogens (tertiary/aromatic N) is 2. The number of amides is 1. The zero-order valence-corrected chi connectivity index (χ0v) is 19.3. The van der Waals surface area contributed by atoms with Crippen LogP contribution < -0.4 is 5.32 Å². The first kappa shape index (κ1) is 21.7. The molecule has 4 rings (SSSR count). The Labute approximate surface area is 184 Å². The van der Waals surface area contributed by atoms with Crippen LogP contribution in [0.4, 0.5) is 0 Å². The molecule has 1 amide bonds. The molecule has 2 aromatic rings. The molecule has 1 saturated heterocycles. The fourth-order valence-corrected chi connectivity index (χ4v) is 5.60. The van der Waals surface area contributed by atoms with Crippen LogP contribution in [0.5, 0.6) is 0 Å². The van der Waals surface area contributed by atoms with E-state index in [0.29, 0.717) is 36.5 Å². The Bertz CT molecular complexity index is 1140. The third-order valence-electron chi connectivity index (χ3n) is 6.09. The number of nitrogens with one attached hydrogen (secondary N) is 1. The fraction of sp³-hybridized carbons (Fsp3) is 0.417. The van der Waals surface area contributed by atoms with Crippen molar-refractivity contribution in [3.8, 4) is 0 Å². The molecular formula is C24H29N3O3S. The first-order valence-corrected chi connectivity index (χ1v) is 12.0. The van der Waals surface area contributed by atoms with Crippen LogP contribution >= 0.6 is 0 Å². The quantitative estimate of drug-likeness (QED) is 0.796. The molecule has 1 N–H and O–H groups in total. The minimum absolute atomic E-state index is 0.0342. The summed E-state index contributed by atoms with van der Waals surface area (Å²) in [6.45, 7) is 8.90. The Balaban J connectivity index is 1.51. The average molecular weight is 440 g/mol. The molecule has 0 aromatic heterocycles.